The van der Waals surface area contributed by atoms with Gasteiger partial charge in [-0.05, 0) is 84.8 Å². The summed E-state index contributed by atoms with van der Waals surface area (Å²) in [5, 5.41) is 11.5. The van der Waals surface area contributed by atoms with E-state index in [-0.39, 0.29) is 24.2 Å². The lowest BCUT2D eigenvalue weighted by atomic mass is 10.1. The van der Waals surface area contributed by atoms with Crippen molar-refractivity contribution in [3.63, 3.8) is 0 Å². The highest BCUT2D eigenvalue weighted by Gasteiger charge is 2.37. The van der Waals surface area contributed by atoms with Crippen molar-refractivity contribution in [2.75, 3.05) is 6.61 Å². The van der Waals surface area contributed by atoms with Crippen LogP contribution >= 0.6 is 11.8 Å². The molecule has 0 bridgehead atoms. The smallest absolute Gasteiger partial charge is 0.269 e. The van der Waals surface area contributed by atoms with Crippen LogP contribution in [0, 0.1) is 10.1 Å². The Bertz CT molecular complexity index is 1620. The molecule has 212 valence electrons. The Morgan fingerprint density at radius 3 is 2.29 bits per heavy atom. The number of carbonyl (C=O) groups excluding carboxylic acids is 1. The second kappa shape index (κ2) is 13.2. The van der Waals surface area contributed by atoms with Crippen LogP contribution in [-0.4, -0.2) is 27.5 Å². The van der Waals surface area contributed by atoms with Gasteiger partial charge in [-0.2, -0.15) is 0 Å². The fraction of sp³-hybridized carbons (Fsp3) is 0.152. The normalized spacial score (nSPS) is 15.7. The van der Waals surface area contributed by atoms with Crippen LogP contribution in [0.15, 0.2) is 113 Å². The molecule has 4 aromatic rings. The summed E-state index contributed by atoms with van der Waals surface area (Å²) in [4.78, 5) is 31.4. The second-order valence-electron chi connectivity index (χ2n) is 9.45. The third-order valence-electron chi connectivity index (χ3n) is 6.59. The number of rotatable bonds is 10. The van der Waals surface area contributed by atoms with E-state index in [1.54, 1.807) is 23.1 Å². The van der Waals surface area contributed by atoms with Gasteiger partial charge in [0.25, 0.3) is 11.6 Å². The molecule has 5 rings (SSSR count). The van der Waals surface area contributed by atoms with Crippen molar-refractivity contribution in [3.05, 3.63) is 135 Å². The number of nitro groups is 1. The number of hydrogen-bond donors (Lipinski definition) is 0. The third-order valence-corrected chi connectivity index (χ3v) is 7.58. The fourth-order valence-corrected chi connectivity index (χ4v) is 5.50. The van der Waals surface area contributed by atoms with Gasteiger partial charge < -0.3 is 9.47 Å². The number of ether oxygens (including phenoxy) is 2. The molecule has 0 N–H and O–H groups in total. The number of aliphatic imine (C=N–C) groups is 1. The minimum absolute atomic E-state index is 0.0270. The summed E-state index contributed by atoms with van der Waals surface area (Å²) in [7, 11) is 0. The highest BCUT2D eigenvalue weighted by molar-refractivity contribution is 8.18. The molecule has 1 fully saturated rings. The molecule has 0 aliphatic carbocycles. The van der Waals surface area contributed by atoms with E-state index in [0.717, 1.165) is 22.4 Å². The Balaban J connectivity index is 1.41. The van der Waals surface area contributed by atoms with Crippen LogP contribution in [0.1, 0.15) is 36.6 Å². The SMILES string of the molecule is CCOc1cc(/C=C2/SC(=Nc3ccccc3)N([C@H](C)c3ccccc3)C2=O)ccc1OCc1ccc([N+](=O)[O-])cc1. The Hall–Kier alpha value is -4.89. The molecule has 1 aliphatic heterocycles. The van der Waals surface area contributed by atoms with E-state index in [9.17, 15) is 14.9 Å². The summed E-state index contributed by atoms with van der Waals surface area (Å²) < 4.78 is 11.8. The van der Waals surface area contributed by atoms with Crippen molar-refractivity contribution in [2.24, 2.45) is 4.99 Å². The number of benzene rings is 4. The molecule has 1 atom stereocenters. The van der Waals surface area contributed by atoms with Crippen molar-refractivity contribution in [1.29, 1.82) is 0 Å². The van der Waals surface area contributed by atoms with Gasteiger partial charge in [0.1, 0.15) is 6.61 Å². The van der Waals surface area contributed by atoms with Gasteiger partial charge in [-0.3, -0.25) is 19.8 Å². The number of non-ortho nitro benzene ring substituents is 1. The largest absolute Gasteiger partial charge is 0.490 e. The molecular weight excluding hydrogens is 550 g/mol. The van der Waals surface area contributed by atoms with Gasteiger partial charge in [0.2, 0.25) is 0 Å². The Labute approximate surface area is 248 Å². The maximum absolute atomic E-state index is 13.8. The first-order valence-electron chi connectivity index (χ1n) is 13.5. The zero-order valence-corrected chi connectivity index (χ0v) is 24.0. The zero-order chi connectivity index (χ0) is 29.5. The van der Waals surface area contributed by atoms with Gasteiger partial charge in [0, 0.05) is 12.1 Å². The average Bonchev–Trinajstić information content (AvgIpc) is 3.31. The summed E-state index contributed by atoms with van der Waals surface area (Å²) >= 11 is 1.34. The lowest BCUT2D eigenvalue weighted by Gasteiger charge is -2.24. The number of hydrogen-bond acceptors (Lipinski definition) is 7. The minimum atomic E-state index is -0.434. The van der Waals surface area contributed by atoms with Crippen LogP contribution in [0.5, 0.6) is 11.5 Å². The van der Waals surface area contributed by atoms with E-state index in [1.807, 2.05) is 92.7 Å². The maximum atomic E-state index is 13.8. The molecule has 42 heavy (non-hydrogen) atoms. The second-order valence-corrected chi connectivity index (χ2v) is 10.5. The predicted octanol–water partition coefficient (Wildman–Crippen LogP) is 7.94. The average molecular weight is 580 g/mol. The Kier molecular flexibility index (Phi) is 8.99. The van der Waals surface area contributed by atoms with Gasteiger partial charge in [0.15, 0.2) is 16.7 Å². The van der Waals surface area contributed by atoms with Gasteiger partial charge >= 0.3 is 0 Å². The van der Waals surface area contributed by atoms with Crippen LogP contribution in [0.25, 0.3) is 6.08 Å². The van der Waals surface area contributed by atoms with Crippen molar-refractivity contribution in [2.45, 2.75) is 26.5 Å². The number of nitrogens with zero attached hydrogens (tertiary/aromatic N) is 3. The molecule has 4 aromatic carbocycles. The number of amides is 1. The van der Waals surface area contributed by atoms with Crippen LogP contribution in [0.2, 0.25) is 0 Å². The first-order valence-corrected chi connectivity index (χ1v) is 14.3. The number of carbonyl (C=O) groups is 1. The van der Waals surface area contributed by atoms with Crippen molar-refractivity contribution in [3.8, 4) is 11.5 Å². The Morgan fingerprint density at radius 1 is 0.929 bits per heavy atom. The topological polar surface area (TPSA) is 94.3 Å². The molecule has 1 amide bonds. The molecule has 0 spiro atoms. The number of thioether (sulfide) groups is 1. The minimum Gasteiger partial charge on any atom is -0.490 e. The summed E-state index contributed by atoms with van der Waals surface area (Å²) in [6, 6.07) is 31.0. The van der Waals surface area contributed by atoms with Crippen molar-refractivity contribution >= 4 is 40.3 Å². The molecule has 0 saturated carbocycles. The lowest BCUT2D eigenvalue weighted by molar-refractivity contribution is -0.384. The zero-order valence-electron chi connectivity index (χ0n) is 23.2. The van der Waals surface area contributed by atoms with Crippen LogP contribution in [0.4, 0.5) is 11.4 Å². The maximum Gasteiger partial charge on any atom is 0.269 e. The third kappa shape index (κ3) is 6.70. The quantitative estimate of drug-likeness (QED) is 0.108. The lowest BCUT2D eigenvalue weighted by Crippen LogP contribution is -2.32. The van der Waals surface area contributed by atoms with Gasteiger partial charge in [-0.15, -0.1) is 0 Å². The van der Waals surface area contributed by atoms with Gasteiger partial charge in [-0.1, -0.05) is 54.6 Å². The summed E-state index contributed by atoms with van der Waals surface area (Å²) in [5.74, 6) is 0.952. The molecule has 9 heteroatoms. The highest BCUT2D eigenvalue weighted by atomic mass is 32.2. The van der Waals surface area contributed by atoms with Crippen LogP contribution < -0.4 is 9.47 Å². The van der Waals surface area contributed by atoms with Gasteiger partial charge in [-0.25, -0.2) is 4.99 Å². The van der Waals surface area contributed by atoms with Crippen LogP contribution in [0.3, 0.4) is 0 Å². The first kappa shape index (κ1) is 28.6. The summed E-state index contributed by atoms with van der Waals surface area (Å²) in [5.41, 5.74) is 3.39. The van der Waals surface area contributed by atoms with E-state index in [1.165, 1.54) is 23.9 Å². The van der Waals surface area contributed by atoms with E-state index in [4.69, 9.17) is 14.5 Å². The van der Waals surface area contributed by atoms with Crippen molar-refractivity contribution < 1.29 is 19.2 Å². The first-order chi connectivity index (χ1) is 20.4. The molecule has 1 aliphatic rings. The number of amidine groups is 1. The molecule has 0 radical (unpaired) electrons. The van der Waals surface area contributed by atoms with E-state index >= 15 is 0 Å². The summed E-state index contributed by atoms with van der Waals surface area (Å²) in [6.07, 6.45) is 1.84. The molecular formula is C33H29N3O5S. The monoisotopic (exact) mass is 579 g/mol. The van der Waals surface area contributed by atoms with E-state index in [0.29, 0.717) is 28.2 Å². The van der Waals surface area contributed by atoms with E-state index < -0.39 is 4.92 Å². The number of nitro benzene ring substituents is 1. The highest BCUT2D eigenvalue weighted by Crippen LogP contribution is 2.40. The van der Waals surface area contributed by atoms with Crippen LogP contribution in [-0.2, 0) is 11.4 Å². The van der Waals surface area contributed by atoms with Crippen molar-refractivity contribution in [1.82, 2.24) is 4.90 Å². The fourth-order valence-electron chi connectivity index (χ4n) is 4.43. The molecule has 1 saturated heterocycles. The predicted molar refractivity (Wildman–Crippen MR) is 166 cm³/mol. The number of para-hydroxylation sites is 1. The standard InChI is InChI=1S/C33H29N3O5S/c1-3-40-30-20-25(16-19-29(30)41-22-24-14-17-28(18-15-24)36(38)39)21-31-32(37)35(23(2)26-10-6-4-7-11-26)33(42-31)34-27-12-8-5-9-13-27/h4-21,23H,3,22H2,1-2H3/b31-21+,34-33?/t23-/m1/s1. The molecule has 8 nitrogen and oxygen atoms in total. The van der Waals surface area contributed by atoms with Gasteiger partial charge in [0.05, 0.1) is 28.2 Å². The molecule has 1 heterocycles. The van der Waals surface area contributed by atoms with E-state index in [2.05, 4.69) is 0 Å². The Morgan fingerprint density at radius 2 is 1.62 bits per heavy atom. The molecule has 0 aromatic heterocycles. The molecule has 0 unspecified atom stereocenters. The summed E-state index contributed by atoms with van der Waals surface area (Å²) in [6.45, 7) is 4.54.